The number of nitrogens with zero attached hydrogens (tertiary/aromatic N) is 4. The van der Waals surface area contributed by atoms with Gasteiger partial charge < -0.3 is 11.5 Å². The standard InChI is InChI=1S/C16H12N6/c17-9-12-14(21-16(19)22-15(12)18)11-6-4-10(5-7-11)13-3-1-2-8-20-13/h1-8H,(H4,18,19,21,22). The molecule has 0 atom stereocenters. The Hall–Kier alpha value is -3.46. The van der Waals surface area contributed by atoms with Crippen molar-refractivity contribution in [1.29, 1.82) is 5.26 Å². The number of aromatic nitrogens is 3. The molecule has 0 unspecified atom stereocenters. The lowest BCUT2D eigenvalue weighted by molar-refractivity contribution is 1.18. The van der Waals surface area contributed by atoms with Crippen LogP contribution < -0.4 is 11.5 Å². The molecule has 6 heteroatoms. The average Bonchev–Trinajstić information content (AvgIpc) is 2.55. The van der Waals surface area contributed by atoms with Crippen LogP contribution in [0.15, 0.2) is 48.7 Å². The average molecular weight is 288 g/mol. The van der Waals surface area contributed by atoms with Gasteiger partial charge in [-0.1, -0.05) is 30.3 Å². The van der Waals surface area contributed by atoms with Gasteiger partial charge in [-0.05, 0) is 12.1 Å². The highest BCUT2D eigenvalue weighted by Gasteiger charge is 2.13. The molecule has 0 bridgehead atoms. The third-order valence-corrected chi connectivity index (χ3v) is 3.19. The number of nitriles is 1. The molecule has 3 aromatic rings. The van der Waals surface area contributed by atoms with Gasteiger partial charge in [0, 0.05) is 17.3 Å². The summed E-state index contributed by atoms with van der Waals surface area (Å²) in [5, 5.41) is 9.22. The van der Waals surface area contributed by atoms with Crippen molar-refractivity contribution in [3.8, 4) is 28.6 Å². The van der Waals surface area contributed by atoms with Crippen LogP contribution in [0.5, 0.6) is 0 Å². The van der Waals surface area contributed by atoms with Crippen LogP contribution in [0.2, 0.25) is 0 Å². The van der Waals surface area contributed by atoms with Crippen LogP contribution in [0.1, 0.15) is 5.56 Å². The highest BCUT2D eigenvalue weighted by molar-refractivity contribution is 5.74. The first-order chi connectivity index (χ1) is 10.7. The van der Waals surface area contributed by atoms with Crippen molar-refractivity contribution in [2.45, 2.75) is 0 Å². The van der Waals surface area contributed by atoms with Gasteiger partial charge in [0.25, 0.3) is 0 Å². The van der Waals surface area contributed by atoms with Crippen LogP contribution in [0, 0.1) is 11.3 Å². The van der Waals surface area contributed by atoms with E-state index in [0.29, 0.717) is 5.69 Å². The molecule has 0 radical (unpaired) electrons. The number of hydrogen-bond donors (Lipinski definition) is 2. The number of benzene rings is 1. The molecule has 0 saturated heterocycles. The highest BCUT2D eigenvalue weighted by Crippen LogP contribution is 2.27. The van der Waals surface area contributed by atoms with Crippen molar-refractivity contribution in [2.75, 3.05) is 11.5 Å². The zero-order chi connectivity index (χ0) is 15.5. The van der Waals surface area contributed by atoms with E-state index in [4.69, 9.17) is 11.5 Å². The van der Waals surface area contributed by atoms with E-state index in [1.807, 2.05) is 48.5 Å². The lowest BCUT2D eigenvalue weighted by Gasteiger charge is -2.07. The molecule has 4 N–H and O–H groups in total. The van der Waals surface area contributed by atoms with Gasteiger partial charge in [0.15, 0.2) is 0 Å². The number of nitrogens with two attached hydrogens (primary N) is 2. The SMILES string of the molecule is N#Cc1c(N)nc(N)nc1-c1ccc(-c2ccccn2)cc1. The Kier molecular flexibility index (Phi) is 3.38. The lowest BCUT2D eigenvalue weighted by Crippen LogP contribution is -2.04. The van der Waals surface area contributed by atoms with E-state index in [1.54, 1.807) is 6.20 Å². The molecule has 0 fully saturated rings. The summed E-state index contributed by atoms with van der Waals surface area (Å²) in [6.07, 6.45) is 1.74. The van der Waals surface area contributed by atoms with Gasteiger partial charge in [0.05, 0.1) is 11.4 Å². The summed E-state index contributed by atoms with van der Waals surface area (Å²) in [5.74, 6) is 0.124. The van der Waals surface area contributed by atoms with Crippen molar-refractivity contribution in [3.63, 3.8) is 0 Å². The maximum absolute atomic E-state index is 9.22. The van der Waals surface area contributed by atoms with E-state index in [0.717, 1.165) is 16.8 Å². The van der Waals surface area contributed by atoms with Gasteiger partial charge in [-0.3, -0.25) is 4.98 Å². The van der Waals surface area contributed by atoms with E-state index < -0.39 is 0 Å². The molecule has 0 saturated carbocycles. The second kappa shape index (κ2) is 5.50. The van der Waals surface area contributed by atoms with Gasteiger partial charge in [-0.2, -0.15) is 10.2 Å². The molecule has 3 rings (SSSR count). The molecule has 2 heterocycles. The minimum absolute atomic E-state index is 0.0419. The van der Waals surface area contributed by atoms with Gasteiger partial charge in [0.2, 0.25) is 5.95 Å². The van der Waals surface area contributed by atoms with E-state index >= 15 is 0 Å². The summed E-state index contributed by atoms with van der Waals surface area (Å²) in [6, 6.07) is 15.3. The minimum Gasteiger partial charge on any atom is -0.382 e. The monoisotopic (exact) mass is 288 g/mol. The third-order valence-electron chi connectivity index (χ3n) is 3.19. The number of anilines is 2. The van der Waals surface area contributed by atoms with Crippen LogP contribution >= 0.6 is 0 Å². The summed E-state index contributed by atoms with van der Waals surface area (Å²) < 4.78 is 0. The second-order valence-corrected chi connectivity index (χ2v) is 4.59. The number of rotatable bonds is 2. The summed E-state index contributed by atoms with van der Waals surface area (Å²) >= 11 is 0. The Balaban J connectivity index is 2.06. The summed E-state index contributed by atoms with van der Waals surface area (Å²) in [7, 11) is 0. The van der Waals surface area contributed by atoms with E-state index in [2.05, 4.69) is 15.0 Å². The van der Waals surface area contributed by atoms with E-state index in [-0.39, 0.29) is 17.3 Å². The first kappa shape index (κ1) is 13.5. The first-order valence-corrected chi connectivity index (χ1v) is 6.54. The highest BCUT2D eigenvalue weighted by atomic mass is 15.0. The third kappa shape index (κ3) is 2.43. The topological polar surface area (TPSA) is 114 Å². The van der Waals surface area contributed by atoms with Crippen LogP contribution in [-0.2, 0) is 0 Å². The normalized spacial score (nSPS) is 10.1. The van der Waals surface area contributed by atoms with Crippen molar-refractivity contribution in [1.82, 2.24) is 15.0 Å². The number of nitrogen functional groups attached to an aromatic ring is 2. The predicted octanol–water partition coefficient (Wildman–Crippen LogP) is 2.24. The predicted molar refractivity (Wildman–Crippen MR) is 84.2 cm³/mol. The lowest BCUT2D eigenvalue weighted by atomic mass is 10.0. The molecule has 22 heavy (non-hydrogen) atoms. The van der Waals surface area contributed by atoms with Crippen LogP contribution in [-0.4, -0.2) is 15.0 Å². The molecule has 1 aromatic carbocycles. The Morgan fingerprint density at radius 3 is 2.27 bits per heavy atom. The zero-order valence-electron chi connectivity index (χ0n) is 11.6. The van der Waals surface area contributed by atoms with Crippen LogP contribution in [0.3, 0.4) is 0 Å². The van der Waals surface area contributed by atoms with E-state index in [9.17, 15) is 5.26 Å². The summed E-state index contributed by atoms with van der Waals surface area (Å²) in [4.78, 5) is 12.2. The van der Waals surface area contributed by atoms with Gasteiger partial charge in [-0.15, -0.1) is 0 Å². The van der Waals surface area contributed by atoms with Crippen molar-refractivity contribution >= 4 is 11.8 Å². The Morgan fingerprint density at radius 2 is 1.64 bits per heavy atom. The zero-order valence-corrected chi connectivity index (χ0v) is 11.6. The molecule has 0 amide bonds. The molecule has 0 aliphatic carbocycles. The van der Waals surface area contributed by atoms with Gasteiger partial charge >= 0.3 is 0 Å². The molecular formula is C16H12N6. The fourth-order valence-corrected chi connectivity index (χ4v) is 2.15. The molecule has 6 nitrogen and oxygen atoms in total. The molecule has 0 spiro atoms. The van der Waals surface area contributed by atoms with Gasteiger partial charge in [0.1, 0.15) is 17.5 Å². The Morgan fingerprint density at radius 1 is 0.909 bits per heavy atom. The van der Waals surface area contributed by atoms with Crippen LogP contribution in [0.25, 0.3) is 22.5 Å². The van der Waals surface area contributed by atoms with E-state index in [1.165, 1.54) is 0 Å². The van der Waals surface area contributed by atoms with Gasteiger partial charge in [-0.25, -0.2) is 4.98 Å². The smallest absolute Gasteiger partial charge is 0.222 e. The quantitative estimate of drug-likeness (QED) is 0.747. The fraction of sp³-hybridized carbons (Fsp3) is 0. The van der Waals surface area contributed by atoms with Crippen molar-refractivity contribution in [3.05, 3.63) is 54.2 Å². The molecule has 106 valence electrons. The maximum atomic E-state index is 9.22. The number of pyridine rings is 1. The van der Waals surface area contributed by atoms with Crippen molar-refractivity contribution in [2.24, 2.45) is 0 Å². The summed E-state index contributed by atoms with van der Waals surface area (Å²) in [5.41, 5.74) is 14.6. The first-order valence-electron chi connectivity index (χ1n) is 6.54. The maximum Gasteiger partial charge on any atom is 0.222 e. The molecular weight excluding hydrogens is 276 g/mol. The fourth-order valence-electron chi connectivity index (χ4n) is 2.15. The minimum atomic E-state index is 0.0419. The Labute approximate surface area is 127 Å². The molecule has 2 aromatic heterocycles. The molecule has 0 aliphatic heterocycles. The van der Waals surface area contributed by atoms with Crippen molar-refractivity contribution < 1.29 is 0 Å². The Bertz CT molecular complexity index is 850. The molecule has 0 aliphatic rings. The van der Waals surface area contributed by atoms with Crippen LogP contribution in [0.4, 0.5) is 11.8 Å². The summed E-state index contributed by atoms with van der Waals surface area (Å²) in [6.45, 7) is 0. The largest absolute Gasteiger partial charge is 0.382 e. The second-order valence-electron chi connectivity index (χ2n) is 4.59. The number of hydrogen-bond acceptors (Lipinski definition) is 6.